The minimum atomic E-state index is -3.23. The van der Waals surface area contributed by atoms with E-state index in [2.05, 4.69) is 40.1 Å². The van der Waals surface area contributed by atoms with Gasteiger partial charge in [-0.25, -0.2) is 14.0 Å². The molecule has 40 heavy (non-hydrogen) atoms. The molecule has 1 aromatic carbocycles. The number of carbonyl (C=O) groups excluding carboxylic acids is 3. The summed E-state index contributed by atoms with van der Waals surface area (Å²) in [7, 11) is -1.96. The number of anilines is 2. The van der Waals surface area contributed by atoms with E-state index in [1.54, 1.807) is 20.8 Å². The van der Waals surface area contributed by atoms with Gasteiger partial charge in [0.1, 0.15) is 11.5 Å². The van der Waals surface area contributed by atoms with Crippen molar-refractivity contribution in [2.24, 2.45) is 0 Å². The zero-order chi connectivity index (χ0) is 29.6. The number of hydrogen-bond acceptors (Lipinski definition) is 6. The minimum Gasteiger partial charge on any atom is -0.448 e. The molecule has 2 aromatic rings. The summed E-state index contributed by atoms with van der Waals surface area (Å²) in [5.74, 6) is -1.58. The second kappa shape index (κ2) is 10.4. The Balaban J connectivity index is 1.69. The molecule has 0 atom stereocenters. The van der Waals surface area contributed by atoms with Crippen LogP contribution in [0.4, 0.5) is 34.3 Å². The number of alkyl halides is 2. The Hall–Kier alpha value is -3.55. The summed E-state index contributed by atoms with van der Waals surface area (Å²) < 4.78 is 50.8. The molecule has 0 spiro atoms. The topological polar surface area (TPSA) is 115 Å². The summed E-state index contributed by atoms with van der Waals surface area (Å²) in [6, 6.07) is 2.48. The number of nitrogens with zero attached hydrogens (tertiary/aromatic N) is 3. The second-order valence-corrected chi connectivity index (χ2v) is 17.0. The molecule has 0 unspecified atom stereocenters. The number of nitrogens with one attached hydrogen (secondary N) is 2. The summed E-state index contributed by atoms with van der Waals surface area (Å²) in [5, 5.41) is 9.20. The fourth-order valence-electron chi connectivity index (χ4n) is 5.42. The Morgan fingerprint density at radius 2 is 1.82 bits per heavy atom. The van der Waals surface area contributed by atoms with Crippen LogP contribution in [0.1, 0.15) is 51.3 Å². The predicted octanol–water partition coefficient (Wildman–Crippen LogP) is 6.11. The maximum atomic E-state index is 14.5. The molecule has 1 aromatic heterocycles. The standard InChI is InChI=1S/C26H34F3N5O5Si/c1-7-38-24(37)34-20(31-21(35)26(12-9-13-26)40(4,5)6)15-14-33(25(2,3)19(15)32-34)23(36)30-18-16(27)10-8-11-17(18)39-22(28)29/h8,10-11,22H,7,9,12-14H2,1-6H3,(H,30,36)(H,31,35). The second-order valence-electron chi connectivity index (χ2n) is 11.5. The van der Waals surface area contributed by atoms with E-state index in [1.807, 2.05) is 0 Å². The molecule has 4 rings (SSSR count). The molecule has 0 radical (unpaired) electrons. The Labute approximate surface area is 231 Å². The van der Waals surface area contributed by atoms with Crippen molar-refractivity contribution < 1.29 is 37.0 Å². The number of halogens is 3. The molecule has 1 aliphatic heterocycles. The molecule has 10 nitrogen and oxygen atoms in total. The molecule has 0 saturated heterocycles. The number of ether oxygens (including phenoxy) is 2. The number of carbonyl (C=O) groups is 3. The Morgan fingerprint density at radius 3 is 2.38 bits per heavy atom. The zero-order valence-corrected chi connectivity index (χ0v) is 24.4. The van der Waals surface area contributed by atoms with Crippen LogP contribution in [0.15, 0.2) is 18.2 Å². The third-order valence-corrected chi connectivity index (χ3v) is 11.6. The molecule has 14 heteroatoms. The smallest absolute Gasteiger partial charge is 0.436 e. The molecule has 1 fully saturated rings. The van der Waals surface area contributed by atoms with Gasteiger partial charge >= 0.3 is 18.7 Å². The van der Waals surface area contributed by atoms with Gasteiger partial charge in [0.15, 0.2) is 11.6 Å². The normalized spacial score (nSPS) is 17.2. The van der Waals surface area contributed by atoms with Crippen molar-refractivity contribution >= 4 is 37.6 Å². The van der Waals surface area contributed by atoms with Crippen molar-refractivity contribution in [2.45, 2.75) is 83.4 Å². The van der Waals surface area contributed by atoms with Crippen LogP contribution in [-0.2, 0) is 21.6 Å². The van der Waals surface area contributed by atoms with Crippen LogP contribution in [0.5, 0.6) is 5.75 Å². The maximum absolute atomic E-state index is 14.5. The summed E-state index contributed by atoms with van der Waals surface area (Å²) in [5.41, 5.74) is -0.928. The molecular weight excluding hydrogens is 547 g/mol. The van der Waals surface area contributed by atoms with E-state index in [4.69, 9.17) is 4.74 Å². The van der Waals surface area contributed by atoms with Crippen molar-refractivity contribution in [3.8, 4) is 5.75 Å². The van der Waals surface area contributed by atoms with Crippen LogP contribution in [0.3, 0.4) is 0 Å². The highest BCUT2D eigenvalue weighted by molar-refractivity contribution is 6.83. The number of hydrogen-bond donors (Lipinski definition) is 2. The SMILES string of the molecule is CCOC(=O)n1nc2c(c1NC(=O)C1([Si](C)(C)C)CCC1)CN(C(=O)Nc1c(F)cccc1OC(F)F)C2(C)C. The Kier molecular flexibility index (Phi) is 7.69. The van der Waals surface area contributed by atoms with Gasteiger partial charge in [-0.3, -0.25) is 4.79 Å². The number of amides is 3. The first-order chi connectivity index (χ1) is 18.6. The lowest BCUT2D eigenvalue weighted by atomic mass is 9.83. The van der Waals surface area contributed by atoms with Crippen molar-refractivity contribution in [1.29, 1.82) is 0 Å². The highest BCUT2D eigenvalue weighted by Gasteiger charge is 2.54. The summed E-state index contributed by atoms with van der Waals surface area (Å²) in [6.45, 7) is 8.11. The van der Waals surface area contributed by atoms with Gasteiger partial charge in [-0.05, 0) is 45.7 Å². The number of rotatable bonds is 7. The minimum absolute atomic E-state index is 0.0825. The summed E-state index contributed by atoms with van der Waals surface area (Å²) >= 11 is 0. The molecule has 3 amide bonds. The monoisotopic (exact) mass is 581 g/mol. The first kappa shape index (κ1) is 29.4. The first-order valence-corrected chi connectivity index (χ1v) is 16.6. The zero-order valence-electron chi connectivity index (χ0n) is 23.4. The highest BCUT2D eigenvalue weighted by atomic mass is 28.3. The Bertz CT molecular complexity index is 1340. The average Bonchev–Trinajstić information content (AvgIpc) is 3.28. The number of benzene rings is 1. The summed E-state index contributed by atoms with van der Waals surface area (Å²) in [4.78, 5) is 41.2. The van der Waals surface area contributed by atoms with Crippen molar-refractivity contribution in [3.63, 3.8) is 0 Å². The third kappa shape index (κ3) is 4.93. The number of aromatic nitrogens is 2. The van der Waals surface area contributed by atoms with Gasteiger partial charge < -0.3 is 25.0 Å². The van der Waals surface area contributed by atoms with Crippen LogP contribution in [0.25, 0.3) is 0 Å². The lowest BCUT2D eigenvalue weighted by Crippen LogP contribution is -2.52. The first-order valence-electron chi connectivity index (χ1n) is 13.1. The number of para-hydroxylation sites is 1. The van der Waals surface area contributed by atoms with Gasteiger partial charge in [0.2, 0.25) is 5.91 Å². The van der Waals surface area contributed by atoms with Crippen LogP contribution < -0.4 is 15.4 Å². The number of urea groups is 1. The largest absolute Gasteiger partial charge is 0.448 e. The fraction of sp³-hybridized carbons (Fsp3) is 0.538. The highest BCUT2D eigenvalue weighted by Crippen LogP contribution is 2.56. The average molecular weight is 582 g/mol. The van der Waals surface area contributed by atoms with Gasteiger partial charge in [0.05, 0.1) is 32.5 Å². The molecule has 2 aliphatic rings. The maximum Gasteiger partial charge on any atom is 0.436 e. The van der Waals surface area contributed by atoms with Crippen molar-refractivity contribution in [2.75, 3.05) is 17.2 Å². The van der Waals surface area contributed by atoms with E-state index in [0.29, 0.717) is 11.3 Å². The number of fused-ring (bicyclic) bond motifs is 1. The lowest BCUT2D eigenvalue weighted by molar-refractivity contribution is -0.121. The van der Waals surface area contributed by atoms with E-state index in [1.165, 1.54) is 11.0 Å². The van der Waals surface area contributed by atoms with E-state index in [-0.39, 0.29) is 24.9 Å². The van der Waals surface area contributed by atoms with Crippen LogP contribution in [0, 0.1) is 5.82 Å². The van der Waals surface area contributed by atoms with Crippen molar-refractivity contribution in [3.05, 3.63) is 35.3 Å². The fourth-order valence-corrected chi connectivity index (χ4v) is 8.01. The lowest BCUT2D eigenvalue weighted by Gasteiger charge is -2.48. The van der Waals surface area contributed by atoms with Crippen molar-refractivity contribution in [1.82, 2.24) is 14.7 Å². The van der Waals surface area contributed by atoms with E-state index in [9.17, 15) is 27.6 Å². The van der Waals surface area contributed by atoms with Gasteiger partial charge in [0.25, 0.3) is 0 Å². The predicted molar refractivity (Wildman–Crippen MR) is 144 cm³/mol. The van der Waals surface area contributed by atoms with E-state index >= 15 is 0 Å². The van der Waals surface area contributed by atoms with Crippen LogP contribution in [0.2, 0.25) is 24.7 Å². The van der Waals surface area contributed by atoms with Gasteiger partial charge in [-0.15, -0.1) is 4.68 Å². The Morgan fingerprint density at radius 1 is 1.15 bits per heavy atom. The molecule has 2 N–H and O–H groups in total. The van der Waals surface area contributed by atoms with Crippen LogP contribution in [-0.4, -0.2) is 54.0 Å². The quantitative estimate of drug-likeness (QED) is 0.381. The van der Waals surface area contributed by atoms with Crippen LogP contribution >= 0.6 is 0 Å². The molecule has 1 saturated carbocycles. The molecule has 2 heterocycles. The van der Waals surface area contributed by atoms with Gasteiger partial charge in [-0.1, -0.05) is 32.1 Å². The van der Waals surface area contributed by atoms with E-state index in [0.717, 1.165) is 36.1 Å². The molecule has 0 bridgehead atoms. The van der Waals surface area contributed by atoms with Gasteiger partial charge in [-0.2, -0.15) is 13.9 Å². The summed E-state index contributed by atoms with van der Waals surface area (Å²) in [6.07, 6.45) is 1.64. The molecule has 218 valence electrons. The van der Waals surface area contributed by atoms with E-state index < -0.39 is 54.6 Å². The molecule has 1 aliphatic carbocycles. The van der Waals surface area contributed by atoms with Gasteiger partial charge in [0, 0.05) is 10.6 Å². The third-order valence-electron chi connectivity index (χ3n) is 7.97. The molecular formula is C26H34F3N5O5Si.